The summed E-state index contributed by atoms with van der Waals surface area (Å²) in [4.78, 5) is 0.289. The van der Waals surface area contributed by atoms with Crippen molar-refractivity contribution in [1.82, 2.24) is 10.0 Å². The number of sulfonamides is 1. The molecule has 21 heavy (non-hydrogen) atoms. The highest BCUT2D eigenvalue weighted by Gasteiger charge is 2.14. The van der Waals surface area contributed by atoms with Gasteiger partial charge in [-0.2, -0.15) is 0 Å². The van der Waals surface area contributed by atoms with Crippen LogP contribution >= 0.6 is 0 Å². The molecule has 1 heterocycles. The average molecular weight is 313 g/mol. The largest absolute Gasteiger partial charge is 0.382 e. The zero-order valence-electron chi connectivity index (χ0n) is 12.3. The van der Waals surface area contributed by atoms with Gasteiger partial charge < -0.3 is 15.4 Å². The number of morpholine rings is 1. The van der Waals surface area contributed by atoms with E-state index < -0.39 is 10.0 Å². The lowest BCUT2D eigenvalue weighted by Gasteiger charge is -2.24. The minimum Gasteiger partial charge on any atom is -0.382 e. The fraction of sp³-hybridized carbons (Fsp3) is 0.571. The monoisotopic (exact) mass is 313 g/mol. The average Bonchev–Trinajstić information content (AvgIpc) is 2.52. The van der Waals surface area contributed by atoms with Gasteiger partial charge in [-0.05, 0) is 30.7 Å². The fourth-order valence-corrected chi connectivity index (χ4v) is 3.19. The Morgan fingerprint density at radius 1 is 1.33 bits per heavy atom. The Balaban J connectivity index is 1.89. The summed E-state index contributed by atoms with van der Waals surface area (Å²) in [6.07, 6.45) is 0.919. The zero-order chi connectivity index (χ0) is 15.1. The van der Waals surface area contributed by atoms with E-state index >= 15 is 0 Å². The van der Waals surface area contributed by atoms with Crippen molar-refractivity contribution in [1.29, 1.82) is 0 Å². The molecule has 0 spiro atoms. The summed E-state index contributed by atoms with van der Waals surface area (Å²) in [7, 11) is -3.39. The van der Waals surface area contributed by atoms with E-state index in [9.17, 15) is 8.42 Å². The first-order valence-corrected chi connectivity index (χ1v) is 8.76. The molecule has 1 atom stereocenters. The Kier molecular flexibility index (Phi) is 5.98. The van der Waals surface area contributed by atoms with Crippen LogP contribution in [0.4, 0.5) is 5.69 Å². The van der Waals surface area contributed by atoms with Crippen LogP contribution in [0.25, 0.3) is 0 Å². The van der Waals surface area contributed by atoms with E-state index in [4.69, 9.17) is 4.74 Å². The molecule has 0 bridgehead atoms. The van der Waals surface area contributed by atoms with Crippen molar-refractivity contribution in [3.63, 3.8) is 0 Å². The third-order valence-corrected chi connectivity index (χ3v) is 4.72. The van der Waals surface area contributed by atoms with Gasteiger partial charge in [-0.1, -0.05) is 6.92 Å². The molecule has 0 aliphatic carbocycles. The van der Waals surface area contributed by atoms with E-state index in [0.29, 0.717) is 13.1 Å². The third-order valence-electron chi connectivity index (χ3n) is 3.24. The smallest absolute Gasteiger partial charge is 0.240 e. The number of nitrogens with one attached hydrogen (secondary N) is 3. The number of benzene rings is 1. The molecule has 1 aromatic rings. The predicted octanol–water partition coefficient (Wildman–Crippen LogP) is 0.775. The molecule has 7 heteroatoms. The molecule has 3 N–H and O–H groups in total. The number of ether oxygens (including phenoxy) is 1. The van der Waals surface area contributed by atoms with Crippen LogP contribution in [-0.4, -0.2) is 47.3 Å². The van der Waals surface area contributed by atoms with Gasteiger partial charge in [-0.15, -0.1) is 0 Å². The summed E-state index contributed by atoms with van der Waals surface area (Å²) in [6.45, 7) is 5.54. The second kappa shape index (κ2) is 7.74. The van der Waals surface area contributed by atoms with Crippen LogP contribution in [0.2, 0.25) is 0 Å². The first-order valence-electron chi connectivity index (χ1n) is 7.28. The van der Waals surface area contributed by atoms with Crippen molar-refractivity contribution in [2.45, 2.75) is 24.3 Å². The van der Waals surface area contributed by atoms with Gasteiger partial charge in [-0.25, -0.2) is 13.1 Å². The fourth-order valence-electron chi connectivity index (χ4n) is 2.05. The normalized spacial score (nSPS) is 19.4. The molecule has 0 saturated carbocycles. The molecule has 2 rings (SSSR count). The molecule has 1 fully saturated rings. The van der Waals surface area contributed by atoms with Crippen molar-refractivity contribution in [2.75, 3.05) is 38.1 Å². The molecule has 1 unspecified atom stereocenters. The Hall–Kier alpha value is -1.15. The minimum atomic E-state index is -3.39. The minimum absolute atomic E-state index is 0.147. The maximum Gasteiger partial charge on any atom is 0.240 e. The summed E-state index contributed by atoms with van der Waals surface area (Å²) in [5.41, 5.74) is 0.888. The molecule has 0 amide bonds. The molecule has 6 nitrogen and oxygen atoms in total. The van der Waals surface area contributed by atoms with E-state index in [1.54, 1.807) is 24.3 Å². The highest BCUT2D eigenvalue weighted by Crippen LogP contribution is 2.14. The van der Waals surface area contributed by atoms with Crippen molar-refractivity contribution in [3.8, 4) is 0 Å². The first-order chi connectivity index (χ1) is 10.1. The van der Waals surface area contributed by atoms with E-state index in [1.165, 1.54) is 0 Å². The Morgan fingerprint density at radius 3 is 2.71 bits per heavy atom. The summed E-state index contributed by atoms with van der Waals surface area (Å²) in [6, 6.07) is 6.77. The van der Waals surface area contributed by atoms with Crippen LogP contribution < -0.4 is 15.4 Å². The summed E-state index contributed by atoms with van der Waals surface area (Å²) < 4.78 is 32.0. The van der Waals surface area contributed by atoms with Crippen LogP contribution in [0.15, 0.2) is 29.2 Å². The first kappa shape index (κ1) is 16.2. The summed E-state index contributed by atoms with van der Waals surface area (Å²) in [5, 5.41) is 6.52. The molecular weight excluding hydrogens is 290 g/mol. The van der Waals surface area contributed by atoms with Gasteiger partial charge in [0.1, 0.15) is 0 Å². The Morgan fingerprint density at radius 2 is 2.10 bits per heavy atom. The number of hydrogen-bond donors (Lipinski definition) is 3. The van der Waals surface area contributed by atoms with Crippen molar-refractivity contribution in [3.05, 3.63) is 24.3 Å². The maximum absolute atomic E-state index is 11.9. The van der Waals surface area contributed by atoms with Gasteiger partial charge in [0.05, 0.1) is 17.6 Å². The van der Waals surface area contributed by atoms with Crippen LogP contribution in [0.1, 0.15) is 13.3 Å². The number of hydrogen-bond acceptors (Lipinski definition) is 5. The quantitative estimate of drug-likeness (QED) is 0.693. The molecule has 0 aromatic heterocycles. The molecular formula is C14H23N3O3S. The second-order valence-corrected chi connectivity index (χ2v) is 6.77. The molecule has 0 radical (unpaired) electrons. The molecule has 1 saturated heterocycles. The van der Waals surface area contributed by atoms with E-state index in [2.05, 4.69) is 15.4 Å². The van der Waals surface area contributed by atoms with E-state index in [0.717, 1.165) is 31.8 Å². The van der Waals surface area contributed by atoms with Crippen molar-refractivity contribution >= 4 is 15.7 Å². The Bertz CT molecular complexity index is 525. The SMILES string of the molecule is CCCNS(=O)(=O)c1ccc(NCC2CNCCO2)cc1. The van der Waals surface area contributed by atoms with Gasteiger partial charge in [0, 0.05) is 31.9 Å². The summed E-state index contributed by atoms with van der Waals surface area (Å²) in [5.74, 6) is 0. The van der Waals surface area contributed by atoms with Gasteiger partial charge in [0.25, 0.3) is 0 Å². The van der Waals surface area contributed by atoms with Gasteiger partial charge in [-0.3, -0.25) is 0 Å². The van der Waals surface area contributed by atoms with E-state index in [1.807, 2.05) is 6.92 Å². The second-order valence-electron chi connectivity index (χ2n) is 5.00. The zero-order valence-corrected chi connectivity index (χ0v) is 13.1. The van der Waals surface area contributed by atoms with Crippen LogP contribution in [0.5, 0.6) is 0 Å². The Labute approximate surface area is 126 Å². The van der Waals surface area contributed by atoms with E-state index in [-0.39, 0.29) is 11.0 Å². The highest BCUT2D eigenvalue weighted by molar-refractivity contribution is 7.89. The number of rotatable bonds is 7. The maximum atomic E-state index is 11.9. The molecule has 1 aliphatic heterocycles. The van der Waals surface area contributed by atoms with Crippen LogP contribution in [0.3, 0.4) is 0 Å². The lowest BCUT2D eigenvalue weighted by atomic mass is 10.2. The lowest BCUT2D eigenvalue weighted by Crippen LogP contribution is -2.42. The predicted molar refractivity (Wildman–Crippen MR) is 83.0 cm³/mol. The standard InChI is InChI=1S/C14H23N3O3S/c1-2-7-17-21(18,19)14-5-3-12(4-6-14)16-11-13-10-15-8-9-20-13/h3-6,13,15-17H,2,7-11H2,1H3. The van der Waals surface area contributed by atoms with Crippen molar-refractivity contribution in [2.24, 2.45) is 0 Å². The van der Waals surface area contributed by atoms with Gasteiger partial charge in [0.15, 0.2) is 0 Å². The third kappa shape index (κ3) is 4.96. The topological polar surface area (TPSA) is 79.5 Å². The summed E-state index contributed by atoms with van der Waals surface area (Å²) >= 11 is 0. The van der Waals surface area contributed by atoms with Gasteiger partial charge in [0.2, 0.25) is 10.0 Å². The number of anilines is 1. The highest BCUT2D eigenvalue weighted by atomic mass is 32.2. The molecule has 1 aliphatic rings. The van der Waals surface area contributed by atoms with Gasteiger partial charge >= 0.3 is 0 Å². The molecule has 1 aromatic carbocycles. The van der Waals surface area contributed by atoms with Crippen molar-refractivity contribution < 1.29 is 13.2 Å². The van der Waals surface area contributed by atoms with Crippen LogP contribution in [0, 0.1) is 0 Å². The van der Waals surface area contributed by atoms with Crippen LogP contribution in [-0.2, 0) is 14.8 Å². The lowest BCUT2D eigenvalue weighted by molar-refractivity contribution is 0.0372. The molecule has 118 valence electrons.